The maximum atomic E-state index is 4.31. The highest BCUT2D eigenvalue weighted by atomic mass is 32.1. The molecule has 0 spiro atoms. The predicted octanol–water partition coefficient (Wildman–Crippen LogP) is 33.3. The van der Waals surface area contributed by atoms with Gasteiger partial charge in [-0.3, -0.25) is 0 Å². The topological polar surface area (TPSA) is 0 Å². The largest absolute Gasteiger partial charge is 0.179 e. The normalized spacial score (nSPS) is 11.8. The number of hydrogen-bond acceptors (Lipinski definition) is 1. The van der Waals surface area contributed by atoms with Crippen molar-refractivity contribution in [3.05, 3.63) is 0 Å². The molecule has 0 unspecified atom stereocenters. The van der Waals surface area contributed by atoms with Crippen LogP contribution in [0.5, 0.6) is 0 Å². The Balaban J connectivity index is 3.08. The zero-order valence-corrected chi connectivity index (χ0v) is 61.7. The van der Waals surface area contributed by atoms with Crippen LogP contribution in [-0.2, 0) is 0 Å². The molecule has 0 heterocycles. The quantitative estimate of drug-likeness (QED) is 0.0455. The summed E-state index contributed by atoms with van der Waals surface area (Å²) in [6.45, 7) is 2.32. The van der Waals surface area contributed by atoms with E-state index in [0.717, 1.165) is 5.75 Å². The van der Waals surface area contributed by atoms with E-state index in [1.54, 1.807) is 0 Å². The van der Waals surface area contributed by atoms with Gasteiger partial charge in [0.05, 0.1) is 0 Å². The van der Waals surface area contributed by atoms with Gasteiger partial charge in [-0.2, -0.15) is 12.6 Å². The third-order valence-electron chi connectivity index (χ3n) is 20.8. The van der Waals surface area contributed by atoms with Crippen molar-refractivity contribution in [1.29, 1.82) is 0 Å². The maximum Gasteiger partial charge on any atom is -0.00979 e. The third-order valence-corrected chi connectivity index (χ3v) is 21.1. The number of thiol groups is 1. The molecule has 0 aromatic carbocycles. The summed E-state index contributed by atoms with van der Waals surface area (Å²) in [6, 6.07) is 0. The van der Waals surface area contributed by atoms with Gasteiger partial charge in [0.2, 0.25) is 0 Å². The van der Waals surface area contributed by atoms with Crippen LogP contribution < -0.4 is 0 Å². The van der Waals surface area contributed by atoms with E-state index in [0.29, 0.717) is 0 Å². The average molecular weight is 1230 g/mol. The molecule has 0 aliphatic rings. The molecule has 0 atom stereocenters. The Kier molecular flexibility index (Phi) is 85.7. The van der Waals surface area contributed by atoms with Gasteiger partial charge in [0.25, 0.3) is 0 Å². The van der Waals surface area contributed by atoms with Crippen molar-refractivity contribution in [3.8, 4) is 0 Å². The molecule has 0 aromatic heterocycles. The van der Waals surface area contributed by atoms with Crippen LogP contribution in [0.3, 0.4) is 0 Å². The van der Waals surface area contributed by atoms with E-state index in [-0.39, 0.29) is 0 Å². The fourth-order valence-corrected chi connectivity index (χ4v) is 14.7. The Morgan fingerprint density at radius 2 is 0.151 bits per heavy atom. The summed E-state index contributed by atoms with van der Waals surface area (Å²) in [7, 11) is 0. The highest BCUT2D eigenvalue weighted by Gasteiger charge is 2.02. The molecule has 0 N–H and O–H groups in total. The zero-order valence-electron chi connectivity index (χ0n) is 60.8. The van der Waals surface area contributed by atoms with Gasteiger partial charge >= 0.3 is 0 Å². The Hall–Kier alpha value is 0.350. The number of unbranched alkanes of at least 4 members (excludes halogenated alkanes) is 82. The molecular formula is C85H172S. The van der Waals surface area contributed by atoms with E-state index in [2.05, 4.69) is 19.6 Å². The third kappa shape index (κ3) is 84.3. The minimum Gasteiger partial charge on any atom is -0.179 e. The zero-order chi connectivity index (χ0) is 61.4. The first-order valence-corrected chi connectivity index (χ1v) is 43.2. The van der Waals surface area contributed by atoms with E-state index >= 15 is 0 Å². The fraction of sp³-hybridized carbons (Fsp3) is 1.00. The summed E-state index contributed by atoms with van der Waals surface area (Å²) in [6.07, 6.45) is 124. The summed E-state index contributed by atoms with van der Waals surface area (Å²) in [5.41, 5.74) is 0. The van der Waals surface area contributed by atoms with Crippen molar-refractivity contribution in [2.24, 2.45) is 0 Å². The lowest BCUT2D eigenvalue weighted by Crippen LogP contribution is -1.85. The molecule has 0 saturated heterocycles. The molecule has 0 radical (unpaired) electrons. The van der Waals surface area contributed by atoms with Gasteiger partial charge in [0, 0.05) is 0 Å². The summed E-state index contributed by atoms with van der Waals surface area (Å²) in [4.78, 5) is 0. The van der Waals surface area contributed by atoms with Crippen LogP contribution >= 0.6 is 12.6 Å². The SMILES string of the molecule is CCCCCCCCCCCCCCCCCCCCCCCCCCCCCCCCCCCCCCCCCCCCCCCCCCCCCCCCCCCCCCCCCCCCCCCCCCCCCCCCCCCCCS. The molecule has 0 saturated carbocycles. The first-order chi connectivity index (χ1) is 42.9. The second kappa shape index (κ2) is 85.3. The first kappa shape index (κ1) is 86.4. The minimum atomic E-state index is 1.07. The van der Waals surface area contributed by atoms with E-state index in [1.165, 1.54) is 533 Å². The lowest BCUT2D eigenvalue weighted by Gasteiger charge is -2.05. The van der Waals surface area contributed by atoms with Gasteiger partial charge < -0.3 is 0 Å². The monoisotopic (exact) mass is 1230 g/mol. The van der Waals surface area contributed by atoms with Crippen molar-refractivity contribution in [1.82, 2.24) is 0 Å². The molecule has 0 aromatic rings. The van der Waals surface area contributed by atoms with Crippen LogP contribution in [0.4, 0.5) is 0 Å². The lowest BCUT2D eigenvalue weighted by molar-refractivity contribution is 0.505. The molecule has 1 heteroatoms. The first-order valence-electron chi connectivity index (χ1n) is 42.5. The highest BCUT2D eigenvalue weighted by molar-refractivity contribution is 7.80. The van der Waals surface area contributed by atoms with Crippen LogP contribution in [0.2, 0.25) is 0 Å². The van der Waals surface area contributed by atoms with E-state index in [1.807, 2.05) is 0 Å². The Bertz CT molecular complexity index is 998. The lowest BCUT2D eigenvalue weighted by atomic mass is 10.0. The van der Waals surface area contributed by atoms with Gasteiger partial charge in [0.15, 0.2) is 0 Å². The maximum absolute atomic E-state index is 4.31. The molecule has 0 rings (SSSR count). The van der Waals surface area contributed by atoms with Gasteiger partial charge in [-0.1, -0.05) is 533 Å². The van der Waals surface area contributed by atoms with E-state index in [9.17, 15) is 0 Å². The van der Waals surface area contributed by atoms with Crippen LogP contribution in [0, 0.1) is 0 Å². The molecule has 0 aliphatic heterocycles. The Morgan fingerprint density at radius 3 is 0.209 bits per heavy atom. The van der Waals surface area contributed by atoms with E-state index < -0.39 is 0 Å². The van der Waals surface area contributed by atoms with Crippen LogP contribution in [-0.4, -0.2) is 5.75 Å². The van der Waals surface area contributed by atoms with Crippen LogP contribution in [0.25, 0.3) is 0 Å². The van der Waals surface area contributed by atoms with Crippen LogP contribution in [0.1, 0.15) is 540 Å². The molecule has 0 nitrogen and oxygen atoms in total. The fourth-order valence-electron chi connectivity index (χ4n) is 14.5. The average Bonchev–Trinajstić information content (AvgIpc) is 3.52. The van der Waals surface area contributed by atoms with Crippen molar-refractivity contribution in [2.75, 3.05) is 5.75 Å². The summed E-state index contributed by atoms with van der Waals surface area (Å²) in [5, 5.41) is 0. The molecule has 86 heavy (non-hydrogen) atoms. The molecule has 0 amide bonds. The van der Waals surface area contributed by atoms with Gasteiger partial charge in [-0.15, -0.1) is 0 Å². The summed E-state index contributed by atoms with van der Waals surface area (Å²) in [5.74, 6) is 1.07. The standard InChI is InChI=1S/C85H172S/c1-2-3-4-5-6-7-8-9-10-11-12-13-14-15-16-17-18-19-20-21-22-23-24-25-26-27-28-29-30-31-32-33-34-35-36-37-38-39-40-41-42-43-44-45-46-47-48-49-50-51-52-53-54-55-56-57-58-59-60-61-62-63-64-65-66-67-68-69-70-71-72-73-74-75-76-77-78-79-80-81-82-83-84-85-86/h86H,2-85H2,1H3. The molecule has 0 fully saturated rings. The summed E-state index contributed by atoms with van der Waals surface area (Å²) >= 11 is 4.31. The minimum absolute atomic E-state index is 1.07. The molecule has 0 aliphatic carbocycles. The van der Waals surface area contributed by atoms with Gasteiger partial charge in [-0.25, -0.2) is 0 Å². The second-order valence-electron chi connectivity index (χ2n) is 29.7. The Morgan fingerprint density at radius 1 is 0.0930 bits per heavy atom. The Labute approximate surface area is 555 Å². The van der Waals surface area contributed by atoms with Crippen LogP contribution in [0.15, 0.2) is 0 Å². The molecular weight excluding hydrogens is 1050 g/mol. The van der Waals surface area contributed by atoms with Gasteiger partial charge in [-0.05, 0) is 12.2 Å². The van der Waals surface area contributed by atoms with Crippen molar-refractivity contribution in [3.63, 3.8) is 0 Å². The van der Waals surface area contributed by atoms with Crippen molar-refractivity contribution in [2.45, 2.75) is 540 Å². The van der Waals surface area contributed by atoms with Crippen molar-refractivity contribution < 1.29 is 0 Å². The smallest absolute Gasteiger partial charge is 0.00979 e. The van der Waals surface area contributed by atoms with Crippen molar-refractivity contribution >= 4 is 12.6 Å². The molecule has 0 bridgehead atoms. The molecule has 518 valence electrons. The number of rotatable bonds is 83. The van der Waals surface area contributed by atoms with E-state index in [4.69, 9.17) is 0 Å². The second-order valence-corrected chi connectivity index (χ2v) is 30.2. The predicted molar refractivity (Wildman–Crippen MR) is 403 cm³/mol. The summed E-state index contributed by atoms with van der Waals surface area (Å²) < 4.78 is 0. The number of hydrogen-bond donors (Lipinski definition) is 1. The highest BCUT2D eigenvalue weighted by Crippen LogP contribution is 2.22. The van der Waals surface area contributed by atoms with Gasteiger partial charge in [0.1, 0.15) is 0 Å².